The lowest BCUT2D eigenvalue weighted by Crippen LogP contribution is -2.57. The van der Waals surface area contributed by atoms with Gasteiger partial charge in [0.1, 0.15) is 11.6 Å². The van der Waals surface area contributed by atoms with Crippen LogP contribution in [0.1, 0.15) is 24.2 Å². The fourth-order valence-electron chi connectivity index (χ4n) is 3.57. The Balaban J connectivity index is 1.64. The second-order valence-corrected chi connectivity index (χ2v) is 9.05. The monoisotopic (exact) mass is 415 g/mol. The molecule has 156 valence electrons. The number of nitrogens with zero attached hydrogens (tertiary/aromatic N) is 3. The molecular weight excluding hydrogens is 389 g/mol. The van der Waals surface area contributed by atoms with Gasteiger partial charge in [0.2, 0.25) is 0 Å². The highest BCUT2D eigenvalue weighted by Gasteiger charge is 2.37. The van der Waals surface area contributed by atoms with Gasteiger partial charge in [0.15, 0.2) is 0 Å². The van der Waals surface area contributed by atoms with Gasteiger partial charge in [-0.25, -0.2) is 4.39 Å². The van der Waals surface area contributed by atoms with Crippen molar-refractivity contribution in [2.75, 3.05) is 46.4 Å². The first-order valence-corrected chi connectivity index (χ1v) is 10.7. The molecule has 8 nitrogen and oxygen atoms in total. The molecule has 1 amide bonds. The Morgan fingerprint density at radius 2 is 1.71 bits per heavy atom. The molecule has 1 aromatic carbocycles. The number of carbonyl (C=O) groups is 1. The summed E-state index contributed by atoms with van der Waals surface area (Å²) >= 11 is 0. The van der Waals surface area contributed by atoms with Gasteiger partial charge in [0.25, 0.3) is 16.1 Å². The zero-order valence-corrected chi connectivity index (χ0v) is 17.1. The zero-order chi connectivity index (χ0) is 20.5. The molecule has 2 heterocycles. The van der Waals surface area contributed by atoms with Crippen molar-refractivity contribution in [1.82, 2.24) is 13.5 Å². The molecule has 2 aliphatic rings. The quantitative estimate of drug-likeness (QED) is 0.732. The van der Waals surface area contributed by atoms with Gasteiger partial charge in [-0.3, -0.25) is 4.79 Å². The van der Waals surface area contributed by atoms with Gasteiger partial charge in [-0.2, -0.15) is 17.0 Å². The first-order chi connectivity index (χ1) is 13.2. The molecule has 0 saturated carbocycles. The number of carbonyl (C=O) groups excluding carboxylic acids is 1. The van der Waals surface area contributed by atoms with E-state index in [2.05, 4.69) is 0 Å². The van der Waals surface area contributed by atoms with E-state index in [-0.39, 0.29) is 44.0 Å². The first kappa shape index (κ1) is 21.0. The average molecular weight is 415 g/mol. The Morgan fingerprint density at radius 1 is 1.11 bits per heavy atom. The molecule has 2 unspecified atom stereocenters. The van der Waals surface area contributed by atoms with Crippen molar-refractivity contribution in [2.24, 2.45) is 0 Å². The molecule has 2 saturated heterocycles. The van der Waals surface area contributed by atoms with Crippen LogP contribution in [0.15, 0.2) is 18.2 Å². The summed E-state index contributed by atoms with van der Waals surface area (Å²) in [4.78, 5) is 14.1. The summed E-state index contributed by atoms with van der Waals surface area (Å²) in [6, 6.07) is 4.07. The van der Waals surface area contributed by atoms with Gasteiger partial charge < -0.3 is 14.4 Å². The van der Waals surface area contributed by atoms with Crippen molar-refractivity contribution in [2.45, 2.75) is 26.1 Å². The van der Waals surface area contributed by atoms with Crippen molar-refractivity contribution in [1.29, 1.82) is 0 Å². The van der Waals surface area contributed by atoms with Crippen LogP contribution in [0.3, 0.4) is 0 Å². The molecule has 0 spiro atoms. The van der Waals surface area contributed by atoms with E-state index in [4.69, 9.17) is 9.47 Å². The Kier molecular flexibility index (Phi) is 6.23. The summed E-state index contributed by atoms with van der Waals surface area (Å²) in [6.45, 7) is 5.07. The molecule has 2 fully saturated rings. The molecule has 3 rings (SSSR count). The summed E-state index contributed by atoms with van der Waals surface area (Å²) in [6.07, 6.45) is -0.334. The fourth-order valence-corrected chi connectivity index (χ4v) is 5.32. The minimum absolute atomic E-state index is 0.0482. The minimum Gasteiger partial charge on any atom is -0.497 e. The number of rotatable bonds is 4. The number of methoxy groups -OCH3 is 1. The molecule has 28 heavy (non-hydrogen) atoms. The smallest absolute Gasteiger partial charge is 0.282 e. The molecule has 10 heteroatoms. The number of hydrogen-bond donors (Lipinski definition) is 0. The molecular formula is C18H26FN3O5S. The standard InChI is InChI=1S/C18H26FN3O5S/c1-13-11-22(12-14(2)27-13)28(24,25)21-8-6-20(7-9-21)18(23)16-5-4-15(26-3)10-17(16)19/h4-5,10,13-14H,6-9,11-12H2,1-3H3. The predicted molar refractivity (Wildman–Crippen MR) is 101 cm³/mol. The van der Waals surface area contributed by atoms with Crippen molar-refractivity contribution < 1.29 is 27.1 Å². The normalized spacial score (nSPS) is 24.9. The van der Waals surface area contributed by atoms with Crippen LogP contribution in [-0.2, 0) is 14.9 Å². The maximum Gasteiger partial charge on any atom is 0.282 e. The van der Waals surface area contributed by atoms with Crippen LogP contribution in [0.4, 0.5) is 4.39 Å². The second-order valence-electron chi connectivity index (χ2n) is 7.12. The SMILES string of the molecule is COc1ccc(C(=O)N2CCN(S(=O)(=O)N3CC(C)OC(C)C3)CC2)c(F)c1. The largest absolute Gasteiger partial charge is 0.497 e. The first-order valence-electron chi connectivity index (χ1n) is 9.26. The molecule has 0 aliphatic carbocycles. The van der Waals surface area contributed by atoms with Gasteiger partial charge in [-0.05, 0) is 26.0 Å². The lowest BCUT2D eigenvalue weighted by atomic mass is 10.1. The summed E-state index contributed by atoms with van der Waals surface area (Å²) in [5, 5.41) is 0. The number of hydrogen-bond acceptors (Lipinski definition) is 5. The van der Waals surface area contributed by atoms with E-state index >= 15 is 0 Å². The Hall–Kier alpha value is -1.75. The lowest BCUT2D eigenvalue weighted by molar-refractivity contribution is -0.0457. The van der Waals surface area contributed by atoms with Gasteiger partial charge in [0.05, 0.1) is 24.9 Å². The van der Waals surface area contributed by atoms with Gasteiger partial charge in [0, 0.05) is 45.3 Å². The molecule has 0 N–H and O–H groups in total. The van der Waals surface area contributed by atoms with E-state index in [0.717, 1.165) is 6.07 Å². The molecule has 0 radical (unpaired) electrons. The molecule has 0 aromatic heterocycles. The molecule has 0 bridgehead atoms. The summed E-state index contributed by atoms with van der Waals surface area (Å²) in [7, 11) is -2.20. The molecule has 2 aliphatic heterocycles. The number of amides is 1. The van der Waals surface area contributed by atoms with Crippen molar-refractivity contribution in [3.8, 4) is 5.75 Å². The summed E-state index contributed by atoms with van der Waals surface area (Å²) in [5.74, 6) is -0.777. The second kappa shape index (κ2) is 8.32. The Labute approximate surface area is 165 Å². The summed E-state index contributed by atoms with van der Waals surface area (Å²) < 4.78 is 53.4. The number of ether oxygens (including phenoxy) is 2. The third kappa shape index (κ3) is 4.29. The highest BCUT2D eigenvalue weighted by Crippen LogP contribution is 2.21. The van der Waals surface area contributed by atoms with Crippen LogP contribution >= 0.6 is 0 Å². The highest BCUT2D eigenvalue weighted by molar-refractivity contribution is 7.86. The minimum atomic E-state index is -3.62. The van der Waals surface area contributed by atoms with Crippen LogP contribution in [-0.4, -0.2) is 86.4 Å². The van der Waals surface area contributed by atoms with E-state index in [1.165, 1.54) is 32.8 Å². The van der Waals surface area contributed by atoms with Crippen LogP contribution in [0.5, 0.6) is 5.75 Å². The Morgan fingerprint density at radius 3 is 2.25 bits per heavy atom. The maximum absolute atomic E-state index is 14.2. The molecule has 1 aromatic rings. The summed E-state index contributed by atoms with van der Waals surface area (Å²) in [5.41, 5.74) is -0.0482. The van der Waals surface area contributed by atoms with Crippen molar-refractivity contribution >= 4 is 16.1 Å². The third-order valence-corrected chi connectivity index (χ3v) is 6.94. The van der Waals surface area contributed by atoms with Crippen LogP contribution < -0.4 is 4.74 Å². The number of piperazine rings is 1. The van der Waals surface area contributed by atoms with Gasteiger partial charge in [-0.1, -0.05) is 0 Å². The van der Waals surface area contributed by atoms with Crippen molar-refractivity contribution in [3.63, 3.8) is 0 Å². The number of morpholine rings is 1. The maximum atomic E-state index is 14.2. The van der Waals surface area contributed by atoms with E-state index in [9.17, 15) is 17.6 Å². The third-order valence-electron chi connectivity index (χ3n) is 4.97. The van der Waals surface area contributed by atoms with E-state index in [1.807, 2.05) is 13.8 Å². The topological polar surface area (TPSA) is 79.4 Å². The zero-order valence-electron chi connectivity index (χ0n) is 16.3. The average Bonchev–Trinajstić information content (AvgIpc) is 2.66. The Bertz CT molecular complexity index is 817. The van der Waals surface area contributed by atoms with Crippen LogP contribution in [0, 0.1) is 5.82 Å². The van der Waals surface area contributed by atoms with E-state index in [0.29, 0.717) is 18.8 Å². The van der Waals surface area contributed by atoms with Crippen LogP contribution in [0.25, 0.3) is 0 Å². The predicted octanol–water partition coefficient (Wildman–Crippen LogP) is 0.946. The van der Waals surface area contributed by atoms with Gasteiger partial charge in [-0.15, -0.1) is 0 Å². The van der Waals surface area contributed by atoms with E-state index in [1.54, 1.807) is 0 Å². The van der Waals surface area contributed by atoms with Gasteiger partial charge >= 0.3 is 0 Å². The number of benzene rings is 1. The lowest BCUT2D eigenvalue weighted by Gasteiger charge is -2.40. The van der Waals surface area contributed by atoms with Crippen LogP contribution in [0.2, 0.25) is 0 Å². The van der Waals surface area contributed by atoms with Crippen molar-refractivity contribution in [3.05, 3.63) is 29.6 Å². The van der Waals surface area contributed by atoms with E-state index < -0.39 is 21.9 Å². The number of halogens is 1. The fraction of sp³-hybridized carbons (Fsp3) is 0.611. The highest BCUT2D eigenvalue weighted by atomic mass is 32.2. The molecule has 2 atom stereocenters.